The van der Waals surface area contributed by atoms with E-state index in [4.69, 9.17) is 20.2 Å². The molecule has 164 valence electrons. The highest BCUT2D eigenvalue weighted by molar-refractivity contribution is 5.89. The van der Waals surface area contributed by atoms with Crippen LogP contribution in [0.5, 0.6) is 0 Å². The average Bonchev–Trinajstić information content (AvgIpc) is 3.16. The van der Waals surface area contributed by atoms with Crippen LogP contribution in [0.2, 0.25) is 0 Å². The molecule has 0 spiro atoms. The molecule has 0 amide bonds. The van der Waals surface area contributed by atoms with Crippen LogP contribution in [0.1, 0.15) is 43.4 Å². The first-order chi connectivity index (χ1) is 15.4. The van der Waals surface area contributed by atoms with Crippen molar-refractivity contribution in [3.05, 3.63) is 63.4 Å². The number of rotatable bonds is 4. The van der Waals surface area contributed by atoms with Gasteiger partial charge in [0.1, 0.15) is 12.6 Å². The molecule has 0 saturated heterocycles. The number of hydrogen-bond acceptors (Lipinski definition) is 7. The van der Waals surface area contributed by atoms with Crippen LogP contribution in [0.4, 0.5) is 0 Å². The highest BCUT2D eigenvalue weighted by Crippen LogP contribution is 2.41. The first-order valence-corrected chi connectivity index (χ1v) is 10.7. The van der Waals surface area contributed by atoms with Gasteiger partial charge in [0, 0.05) is 16.5 Å². The second-order valence-corrected chi connectivity index (χ2v) is 8.19. The quantitative estimate of drug-likeness (QED) is 0.492. The van der Waals surface area contributed by atoms with Gasteiger partial charge >= 0.3 is 11.9 Å². The smallest absolute Gasteiger partial charge is 0.355 e. The normalized spacial score (nSPS) is 19.7. The molecule has 0 radical (unpaired) electrons. The Morgan fingerprint density at radius 1 is 1.28 bits per heavy atom. The summed E-state index contributed by atoms with van der Waals surface area (Å²) in [6.07, 6.45) is 0.472. The van der Waals surface area contributed by atoms with Crippen molar-refractivity contribution in [2.24, 2.45) is 5.73 Å². The summed E-state index contributed by atoms with van der Waals surface area (Å²) in [5.41, 5.74) is 7.53. The minimum Gasteiger partial charge on any atom is -0.457 e. The van der Waals surface area contributed by atoms with E-state index < -0.39 is 23.6 Å². The summed E-state index contributed by atoms with van der Waals surface area (Å²) in [4.78, 5) is 43.7. The van der Waals surface area contributed by atoms with Gasteiger partial charge in [-0.3, -0.25) is 9.59 Å². The summed E-state index contributed by atoms with van der Waals surface area (Å²) in [6.45, 7) is 3.68. The molecular formula is C24H23N3O5. The van der Waals surface area contributed by atoms with E-state index in [9.17, 15) is 14.4 Å². The Bertz CT molecular complexity index is 1350. The molecule has 5 rings (SSSR count). The minimum absolute atomic E-state index is 0.113. The van der Waals surface area contributed by atoms with Crippen molar-refractivity contribution in [1.29, 1.82) is 0 Å². The summed E-state index contributed by atoms with van der Waals surface area (Å²) in [7, 11) is 0. The lowest BCUT2D eigenvalue weighted by Gasteiger charge is -2.36. The number of nitrogens with two attached hydrogens (primary N) is 1. The van der Waals surface area contributed by atoms with E-state index in [0.29, 0.717) is 35.5 Å². The molecule has 0 fully saturated rings. The number of fused-ring (bicyclic) bond motifs is 5. The number of hydrogen-bond donors (Lipinski definition) is 1. The Kier molecular flexibility index (Phi) is 4.63. The Morgan fingerprint density at radius 2 is 2.06 bits per heavy atom. The van der Waals surface area contributed by atoms with E-state index in [0.717, 1.165) is 16.5 Å². The molecule has 4 heterocycles. The number of carbonyl (C=O) groups excluding carboxylic acids is 2. The summed E-state index contributed by atoms with van der Waals surface area (Å²) < 4.78 is 12.6. The molecule has 2 aliphatic heterocycles. The zero-order valence-corrected chi connectivity index (χ0v) is 17.9. The standard InChI is InChI=1S/C24H23N3O5/c1-3-17(25)22(29)32-24(4-2)16-10-19-20-14(9-13-7-5-6-8-18(13)26-20)11-27(19)21(28)15(16)12-31-23(24)30/h5-10,17H,3-4,11-12,25H2,1-2H3/t17-,24+/m1/s1. The fraction of sp³-hybridized carbons (Fsp3) is 0.333. The van der Waals surface area contributed by atoms with Gasteiger partial charge in [0.15, 0.2) is 0 Å². The Hall–Kier alpha value is -3.52. The first kappa shape index (κ1) is 20.4. The molecule has 0 saturated carbocycles. The van der Waals surface area contributed by atoms with Crippen LogP contribution in [0.25, 0.3) is 22.3 Å². The highest BCUT2D eigenvalue weighted by Gasteiger charge is 2.50. The molecule has 2 N–H and O–H groups in total. The zero-order chi connectivity index (χ0) is 22.6. The second-order valence-electron chi connectivity index (χ2n) is 8.19. The molecule has 2 aliphatic rings. The lowest BCUT2D eigenvalue weighted by atomic mass is 9.85. The number of ether oxygens (including phenoxy) is 2. The predicted octanol–water partition coefficient (Wildman–Crippen LogP) is 2.37. The molecule has 8 heteroatoms. The van der Waals surface area contributed by atoms with Crippen LogP contribution < -0.4 is 11.3 Å². The topological polar surface area (TPSA) is 114 Å². The van der Waals surface area contributed by atoms with E-state index in [1.54, 1.807) is 24.5 Å². The first-order valence-electron chi connectivity index (χ1n) is 10.7. The number of nitrogens with zero attached hydrogens (tertiary/aromatic N) is 2. The van der Waals surface area contributed by atoms with Crippen LogP contribution in [0.15, 0.2) is 41.2 Å². The Balaban J connectivity index is 1.72. The van der Waals surface area contributed by atoms with E-state index in [-0.39, 0.29) is 18.6 Å². The van der Waals surface area contributed by atoms with Gasteiger partial charge in [-0.05, 0) is 31.0 Å². The van der Waals surface area contributed by atoms with Gasteiger partial charge in [0.2, 0.25) is 5.60 Å². The zero-order valence-electron chi connectivity index (χ0n) is 17.9. The van der Waals surface area contributed by atoms with E-state index >= 15 is 0 Å². The van der Waals surface area contributed by atoms with Crippen molar-refractivity contribution < 1.29 is 19.1 Å². The van der Waals surface area contributed by atoms with Crippen LogP contribution in [0.3, 0.4) is 0 Å². The number of pyridine rings is 2. The number of esters is 2. The van der Waals surface area contributed by atoms with Crippen LogP contribution >= 0.6 is 0 Å². The lowest BCUT2D eigenvalue weighted by Crippen LogP contribution is -2.49. The van der Waals surface area contributed by atoms with Crippen LogP contribution in [-0.2, 0) is 37.8 Å². The van der Waals surface area contributed by atoms with E-state index in [1.165, 1.54) is 0 Å². The number of aromatic nitrogens is 2. The Morgan fingerprint density at radius 3 is 2.81 bits per heavy atom. The maximum Gasteiger partial charge on any atom is 0.355 e. The molecule has 2 atom stereocenters. The number of cyclic esters (lactones) is 1. The molecule has 8 nitrogen and oxygen atoms in total. The van der Waals surface area contributed by atoms with Crippen molar-refractivity contribution in [2.45, 2.75) is 51.5 Å². The van der Waals surface area contributed by atoms with Gasteiger partial charge in [-0.2, -0.15) is 0 Å². The maximum atomic E-state index is 13.4. The maximum absolute atomic E-state index is 13.4. The molecule has 2 aromatic heterocycles. The second kappa shape index (κ2) is 7.27. The molecular weight excluding hydrogens is 410 g/mol. The van der Waals surface area contributed by atoms with Crippen LogP contribution in [-0.4, -0.2) is 27.5 Å². The van der Waals surface area contributed by atoms with E-state index in [2.05, 4.69) is 0 Å². The predicted molar refractivity (Wildman–Crippen MR) is 117 cm³/mol. The summed E-state index contributed by atoms with van der Waals surface area (Å²) >= 11 is 0. The Labute approximate surface area is 184 Å². The third-order valence-corrected chi connectivity index (χ3v) is 6.40. The van der Waals surface area contributed by atoms with Gasteiger partial charge in [0.25, 0.3) is 5.56 Å². The van der Waals surface area contributed by atoms with Crippen molar-refractivity contribution >= 4 is 22.8 Å². The summed E-state index contributed by atoms with van der Waals surface area (Å²) in [5, 5.41) is 0.987. The van der Waals surface area contributed by atoms with Gasteiger partial charge in [-0.1, -0.05) is 32.0 Å². The third-order valence-electron chi connectivity index (χ3n) is 6.40. The van der Waals surface area contributed by atoms with Crippen molar-refractivity contribution in [3.63, 3.8) is 0 Å². The number of benzene rings is 1. The van der Waals surface area contributed by atoms with Crippen molar-refractivity contribution in [3.8, 4) is 11.4 Å². The largest absolute Gasteiger partial charge is 0.457 e. The summed E-state index contributed by atoms with van der Waals surface area (Å²) in [6, 6.07) is 10.6. The molecule has 0 bridgehead atoms. The lowest BCUT2D eigenvalue weighted by molar-refractivity contribution is -0.190. The van der Waals surface area contributed by atoms with Crippen molar-refractivity contribution in [1.82, 2.24) is 9.55 Å². The van der Waals surface area contributed by atoms with E-state index in [1.807, 2.05) is 30.3 Å². The third kappa shape index (κ3) is 2.79. The molecule has 32 heavy (non-hydrogen) atoms. The summed E-state index contributed by atoms with van der Waals surface area (Å²) in [5.74, 6) is -1.40. The minimum atomic E-state index is -1.72. The molecule has 0 aliphatic carbocycles. The monoisotopic (exact) mass is 433 g/mol. The molecule has 1 aromatic carbocycles. The van der Waals surface area contributed by atoms with Crippen LogP contribution in [0, 0.1) is 0 Å². The van der Waals surface area contributed by atoms with Gasteiger partial charge in [0.05, 0.1) is 29.0 Å². The number of para-hydroxylation sites is 1. The van der Waals surface area contributed by atoms with Gasteiger partial charge < -0.3 is 19.8 Å². The fourth-order valence-corrected chi connectivity index (χ4v) is 4.50. The molecule has 0 unspecified atom stereocenters. The van der Waals surface area contributed by atoms with Crippen molar-refractivity contribution in [2.75, 3.05) is 0 Å². The SMILES string of the molecule is CC[C@@H](N)C(=O)O[C@]1(CC)C(=O)OCc2c1cc1n(c2=O)Cc2cc3ccccc3nc2-1. The van der Waals surface area contributed by atoms with Gasteiger partial charge in [-0.25, -0.2) is 9.78 Å². The number of carbonyl (C=O) groups is 2. The fourth-order valence-electron chi connectivity index (χ4n) is 4.50. The average molecular weight is 433 g/mol. The highest BCUT2D eigenvalue weighted by atomic mass is 16.6. The molecule has 3 aromatic rings. The van der Waals surface area contributed by atoms with Gasteiger partial charge in [-0.15, -0.1) is 0 Å².